The molecule has 0 fully saturated rings. The van der Waals surface area contributed by atoms with Crippen molar-refractivity contribution in [3.8, 4) is 0 Å². The zero-order valence-corrected chi connectivity index (χ0v) is 26.4. The maximum atomic E-state index is 11.5. The Hall–Kier alpha value is -0.0700. The molecule has 6 nitrogen and oxygen atoms in total. The predicted molar refractivity (Wildman–Crippen MR) is 159 cm³/mol. The van der Waals surface area contributed by atoms with E-state index in [0.29, 0.717) is 18.3 Å². The second-order valence-electron chi connectivity index (χ2n) is 10.2. The van der Waals surface area contributed by atoms with Gasteiger partial charge >= 0.3 is 11.5 Å². The van der Waals surface area contributed by atoms with Crippen LogP contribution in [0, 0.1) is 0 Å². The highest BCUT2D eigenvalue weighted by Crippen LogP contribution is 2.26. The molecule has 222 valence electrons. The molecule has 0 amide bonds. The molecule has 0 aromatic rings. The van der Waals surface area contributed by atoms with Gasteiger partial charge in [0.15, 0.2) is 0 Å². The molecule has 8 heteroatoms. The smallest absolute Gasteiger partial charge is 0.373 e. The molecule has 0 aliphatic heterocycles. The third kappa shape index (κ3) is 20.5. The topological polar surface area (TPSA) is 82.1 Å². The van der Waals surface area contributed by atoms with Gasteiger partial charge in [-0.1, -0.05) is 110 Å². The number of aliphatic hydroxyl groups is 1. The minimum absolute atomic E-state index is 0.0847. The first-order valence-corrected chi connectivity index (χ1v) is 17.2. The summed E-state index contributed by atoms with van der Waals surface area (Å²) in [5, 5.41) is 10.5. The quantitative estimate of drug-likeness (QED) is 0.0443. The van der Waals surface area contributed by atoms with Gasteiger partial charge in [0.2, 0.25) is 0 Å². The van der Waals surface area contributed by atoms with Crippen molar-refractivity contribution < 1.29 is 28.7 Å². The van der Waals surface area contributed by atoms with Crippen molar-refractivity contribution >= 4 is 26.2 Å². The van der Waals surface area contributed by atoms with Crippen LogP contribution in [-0.4, -0.2) is 54.0 Å². The van der Waals surface area contributed by atoms with Gasteiger partial charge in [0.05, 0.1) is 19.8 Å². The highest BCUT2D eigenvalue weighted by Gasteiger charge is 2.37. The molecular weight excluding hydrogens is 507 g/mol. The minimum atomic E-state index is -2.33. The van der Waals surface area contributed by atoms with Crippen LogP contribution in [-0.2, 0) is 23.6 Å². The molecule has 0 heterocycles. The normalized spacial score (nSPS) is 15.2. The van der Waals surface area contributed by atoms with Crippen molar-refractivity contribution in [3.05, 3.63) is 0 Å². The fourth-order valence-electron chi connectivity index (χ4n) is 4.35. The maximum absolute atomic E-state index is 11.5. The van der Waals surface area contributed by atoms with Gasteiger partial charge in [-0.25, -0.2) is 4.79 Å². The molecule has 0 aliphatic carbocycles. The first-order chi connectivity index (χ1) is 17.9. The highest BCUT2D eigenvalue weighted by molar-refractivity contribution is 7.99. The Balaban J connectivity index is 4.26. The average Bonchev–Trinajstić information content (AvgIpc) is 2.91. The van der Waals surface area contributed by atoms with Gasteiger partial charge in [-0.3, -0.25) is 0 Å². The summed E-state index contributed by atoms with van der Waals surface area (Å²) in [6.45, 7) is 7.23. The number of ether oxygens (including phenoxy) is 3. The molecule has 0 radical (unpaired) electrons. The van der Waals surface area contributed by atoms with Crippen LogP contribution < -0.4 is 0 Å². The zero-order chi connectivity index (χ0) is 27.6. The lowest BCUT2D eigenvalue weighted by Gasteiger charge is -2.25. The molecule has 0 saturated heterocycles. The number of rotatable bonds is 28. The highest BCUT2D eigenvalue weighted by atomic mass is 32.2. The van der Waals surface area contributed by atoms with Crippen LogP contribution in [0.25, 0.3) is 0 Å². The van der Waals surface area contributed by atoms with E-state index in [2.05, 4.69) is 37.3 Å². The SMILES string of the molecule is CCCCCCCCCCCCSC(CCCCCCCC)C(C)OCCCOC(O)([PH2]=O)C(=O)OC. The number of carbonyl (C=O) groups excluding carboxylic acids is 1. The maximum Gasteiger partial charge on any atom is 0.373 e. The van der Waals surface area contributed by atoms with Gasteiger partial charge in [0, 0.05) is 11.9 Å². The van der Waals surface area contributed by atoms with Crippen LogP contribution in [0.1, 0.15) is 136 Å². The van der Waals surface area contributed by atoms with Crippen molar-refractivity contribution in [1.29, 1.82) is 0 Å². The zero-order valence-electron chi connectivity index (χ0n) is 24.5. The van der Waals surface area contributed by atoms with Crippen LogP contribution in [0.4, 0.5) is 0 Å². The summed E-state index contributed by atoms with van der Waals surface area (Å²) in [7, 11) is -0.724. The van der Waals surface area contributed by atoms with Crippen LogP contribution >= 0.6 is 20.2 Å². The number of hydrogen-bond acceptors (Lipinski definition) is 7. The molecule has 0 rings (SSSR count). The summed E-state index contributed by atoms with van der Waals surface area (Å²) in [5.74, 6) is 0.167. The molecule has 0 bridgehead atoms. The summed E-state index contributed by atoms with van der Waals surface area (Å²) >= 11 is 2.06. The van der Waals surface area contributed by atoms with Crippen LogP contribution in [0.3, 0.4) is 0 Å². The van der Waals surface area contributed by atoms with Gasteiger partial charge in [-0.2, -0.15) is 11.8 Å². The van der Waals surface area contributed by atoms with E-state index < -0.39 is 20.0 Å². The van der Waals surface area contributed by atoms with E-state index in [1.54, 1.807) is 0 Å². The fraction of sp³-hybridized carbons (Fsp3) is 0.966. The standard InChI is InChI=1S/C29H59O6PS/c1-5-7-9-11-13-14-15-16-18-20-25-37-27(22-19-17-12-10-8-6-2)26(3)34-23-21-24-35-29(31,36-32)28(30)33-4/h26-27,31H,5-25,36H2,1-4H3. The Morgan fingerprint density at radius 3 is 1.84 bits per heavy atom. The van der Waals surface area contributed by atoms with Gasteiger partial charge in [-0.05, 0) is 31.9 Å². The summed E-state index contributed by atoms with van der Waals surface area (Å²) in [4.78, 5) is 11.5. The monoisotopic (exact) mass is 566 g/mol. The molecule has 37 heavy (non-hydrogen) atoms. The van der Waals surface area contributed by atoms with Crippen molar-refractivity contribution in [2.75, 3.05) is 26.1 Å². The summed E-state index contributed by atoms with van der Waals surface area (Å²) < 4.78 is 26.9. The third-order valence-electron chi connectivity index (χ3n) is 6.82. The van der Waals surface area contributed by atoms with Gasteiger partial charge < -0.3 is 23.9 Å². The molecule has 0 aromatic carbocycles. The van der Waals surface area contributed by atoms with Gasteiger partial charge in [0.1, 0.15) is 8.46 Å². The van der Waals surface area contributed by atoms with Crippen molar-refractivity contribution in [2.45, 2.75) is 153 Å². The number of methoxy groups -OCH3 is 1. The van der Waals surface area contributed by atoms with Crippen molar-refractivity contribution in [2.24, 2.45) is 0 Å². The Bertz CT molecular complexity index is 539. The van der Waals surface area contributed by atoms with Crippen LogP contribution in [0.2, 0.25) is 0 Å². The molecule has 0 spiro atoms. The number of esters is 1. The van der Waals surface area contributed by atoms with E-state index in [-0.39, 0.29) is 12.7 Å². The lowest BCUT2D eigenvalue weighted by Crippen LogP contribution is -2.37. The first kappa shape index (κ1) is 36.9. The Morgan fingerprint density at radius 2 is 1.32 bits per heavy atom. The Kier molecular flexibility index (Phi) is 26.1. The van der Waals surface area contributed by atoms with Crippen molar-refractivity contribution in [1.82, 2.24) is 0 Å². The van der Waals surface area contributed by atoms with Crippen molar-refractivity contribution in [3.63, 3.8) is 0 Å². The van der Waals surface area contributed by atoms with E-state index in [9.17, 15) is 14.5 Å². The van der Waals surface area contributed by atoms with E-state index in [1.165, 1.54) is 115 Å². The third-order valence-corrected chi connectivity index (χ3v) is 9.12. The number of thioether (sulfide) groups is 1. The predicted octanol–water partition coefficient (Wildman–Crippen LogP) is 8.15. The summed E-state index contributed by atoms with van der Waals surface area (Å²) in [5.41, 5.74) is -2.33. The van der Waals surface area contributed by atoms with E-state index in [1.807, 2.05) is 0 Å². The van der Waals surface area contributed by atoms with Gasteiger partial charge in [-0.15, -0.1) is 0 Å². The average molecular weight is 567 g/mol. The molecule has 0 aromatic heterocycles. The molecule has 0 saturated carbocycles. The fourth-order valence-corrected chi connectivity index (χ4v) is 6.11. The molecular formula is C29H59O6PS. The second-order valence-corrected chi connectivity index (χ2v) is 12.6. The van der Waals surface area contributed by atoms with Gasteiger partial charge in [0.25, 0.3) is 0 Å². The Morgan fingerprint density at radius 1 is 0.811 bits per heavy atom. The second kappa shape index (κ2) is 26.2. The lowest BCUT2D eigenvalue weighted by molar-refractivity contribution is -0.193. The van der Waals surface area contributed by atoms with E-state index in [4.69, 9.17) is 9.47 Å². The van der Waals surface area contributed by atoms with Crippen LogP contribution in [0.15, 0.2) is 0 Å². The molecule has 0 aliphatic rings. The Labute approximate surface area is 233 Å². The summed E-state index contributed by atoms with van der Waals surface area (Å²) in [6.07, 6.45) is 23.2. The molecule has 4 unspecified atom stereocenters. The molecule has 1 N–H and O–H groups in total. The first-order valence-electron chi connectivity index (χ1n) is 15.1. The number of hydrogen-bond donors (Lipinski definition) is 1. The number of unbranched alkanes of at least 4 members (excludes halogenated alkanes) is 14. The largest absolute Gasteiger partial charge is 0.465 e. The van der Waals surface area contributed by atoms with E-state index in [0.717, 1.165) is 7.11 Å². The minimum Gasteiger partial charge on any atom is -0.465 e. The lowest BCUT2D eigenvalue weighted by atomic mass is 10.1. The summed E-state index contributed by atoms with van der Waals surface area (Å²) in [6, 6.07) is 0. The van der Waals surface area contributed by atoms with E-state index >= 15 is 0 Å². The number of carbonyl (C=O) groups is 1. The van der Waals surface area contributed by atoms with Crippen LogP contribution in [0.5, 0.6) is 0 Å². The molecule has 4 atom stereocenters.